The normalized spacial score (nSPS) is 11.8. The Labute approximate surface area is 199 Å². The van der Waals surface area contributed by atoms with Gasteiger partial charge in [0.05, 0.1) is 13.2 Å². The third-order valence-corrected chi connectivity index (χ3v) is 5.93. The van der Waals surface area contributed by atoms with Crippen LogP contribution in [0, 0.1) is 12.7 Å². The minimum atomic E-state index is -0.291. The predicted molar refractivity (Wildman–Crippen MR) is 132 cm³/mol. The summed E-state index contributed by atoms with van der Waals surface area (Å²) in [7, 11) is 1.62. The number of hydrogen-bond donors (Lipinski definition) is 1. The van der Waals surface area contributed by atoms with Gasteiger partial charge in [-0.25, -0.2) is 9.37 Å². The molecule has 0 bridgehead atoms. The van der Waals surface area contributed by atoms with E-state index in [1.807, 2.05) is 73.0 Å². The number of aryl methyl sites for hydroxylation is 1. The smallest absolute Gasteiger partial charge is 0.270 e. The van der Waals surface area contributed by atoms with Crippen LogP contribution in [0.1, 0.15) is 41.5 Å². The molecule has 0 unspecified atom stereocenters. The lowest BCUT2D eigenvalue weighted by molar-refractivity contribution is 0.0931. The number of hydrogen-bond acceptors (Lipinski definition) is 3. The van der Waals surface area contributed by atoms with Crippen LogP contribution in [0.25, 0.3) is 22.6 Å². The molecule has 4 rings (SSSR count). The average Bonchev–Trinajstić information content (AvgIpc) is 3.26. The Morgan fingerprint density at radius 2 is 1.76 bits per heavy atom. The molecule has 6 heteroatoms. The van der Waals surface area contributed by atoms with Crippen molar-refractivity contribution in [2.45, 2.75) is 33.4 Å². The summed E-state index contributed by atoms with van der Waals surface area (Å²) in [5, 5.41) is 3.11. The maximum absolute atomic E-state index is 14.0. The van der Waals surface area contributed by atoms with E-state index in [2.05, 4.69) is 5.32 Å². The van der Waals surface area contributed by atoms with Crippen LogP contribution in [0.2, 0.25) is 0 Å². The van der Waals surface area contributed by atoms with Crippen molar-refractivity contribution in [1.82, 2.24) is 14.9 Å². The topological polar surface area (TPSA) is 56.2 Å². The molecule has 1 heterocycles. The van der Waals surface area contributed by atoms with E-state index >= 15 is 0 Å². The summed E-state index contributed by atoms with van der Waals surface area (Å²) in [4.78, 5) is 18.5. The second-order valence-electron chi connectivity index (χ2n) is 8.18. The van der Waals surface area contributed by atoms with Gasteiger partial charge in [-0.3, -0.25) is 4.79 Å². The average molecular weight is 458 g/mol. The van der Waals surface area contributed by atoms with Gasteiger partial charge in [-0.2, -0.15) is 0 Å². The van der Waals surface area contributed by atoms with Gasteiger partial charge in [0.25, 0.3) is 5.91 Å². The molecule has 4 aromatic rings. The van der Waals surface area contributed by atoms with Gasteiger partial charge in [0, 0.05) is 17.7 Å². The van der Waals surface area contributed by atoms with Gasteiger partial charge < -0.3 is 14.6 Å². The van der Waals surface area contributed by atoms with Crippen molar-refractivity contribution in [3.05, 3.63) is 95.4 Å². The van der Waals surface area contributed by atoms with Gasteiger partial charge in [-0.15, -0.1) is 0 Å². The number of amides is 1. The molecule has 0 radical (unpaired) electrons. The zero-order valence-corrected chi connectivity index (χ0v) is 19.8. The first kappa shape index (κ1) is 23.2. The van der Waals surface area contributed by atoms with Gasteiger partial charge in [0.1, 0.15) is 28.8 Å². The van der Waals surface area contributed by atoms with Crippen molar-refractivity contribution in [1.29, 1.82) is 0 Å². The van der Waals surface area contributed by atoms with E-state index in [9.17, 15) is 9.18 Å². The lowest BCUT2D eigenvalue weighted by Crippen LogP contribution is -2.29. The summed E-state index contributed by atoms with van der Waals surface area (Å²) >= 11 is 0. The van der Waals surface area contributed by atoms with Gasteiger partial charge in [0.2, 0.25) is 0 Å². The van der Waals surface area contributed by atoms with Gasteiger partial charge >= 0.3 is 0 Å². The Bertz CT molecular complexity index is 1300. The summed E-state index contributed by atoms with van der Waals surface area (Å²) < 4.78 is 21.1. The third kappa shape index (κ3) is 4.57. The molecular weight excluding hydrogens is 429 g/mol. The second kappa shape index (κ2) is 9.91. The fourth-order valence-corrected chi connectivity index (χ4v) is 4.03. The van der Waals surface area contributed by atoms with Crippen molar-refractivity contribution in [3.63, 3.8) is 0 Å². The zero-order valence-electron chi connectivity index (χ0n) is 19.8. The molecule has 1 atom stereocenters. The SMILES string of the molecule is CCn1c(-c2ccccc2)nc(-c2ccc(F)c(C)c2)c1C(=O)N[C@@H](C)c1ccc(OC)cc1. The van der Waals surface area contributed by atoms with Gasteiger partial charge in [-0.05, 0) is 62.2 Å². The first-order valence-electron chi connectivity index (χ1n) is 11.3. The number of carbonyl (C=O) groups excluding carboxylic acids is 1. The van der Waals surface area contributed by atoms with Crippen LogP contribution >= 0.6 is 0 Å². The van der Waals surface area contributed by atoms with Crippen molar-refractivity contribution in [2.75, 3.05) is 7.11 Å². The number of aromatic nitrogens is 2. The number of methoxy groups -OCH3 is 1. The zero-order chi connectivity index (χ0) is 24.2. The van der Waals surface area contributed by atoms with Crippen LogP contribution < -0.4 is 10.1 Å². The predicted octanol–water partition coefficient (Wildman–Crippen LogP) is 6.18. The highest BCUT2D eigenvalue weighted by molar-refractivity contribution is 5.99. The van der Waals surface area contributed by atoms with E-state index in [1.165, 1.54) is 6.07 Å². The van der Waals surface area contributed by atoms with Crippen LogP contribution in [0.15, 0.2) is 72.8 Å². The molecule has 34 heavy (non-hydrogen) atoms. The Balaban J connectivity index is 1.79. The van der Waals surface area contributed by atoms with Crippen molar-refractivity contribution in [2.24, 2.45) is 0 Å². The largest absolute Gasteiger partial charge is 0.497 e. The number of carbonyl (C=O) groups is 1. The van der Waals surface area contributed by atoms with E-state index in [1.54, 1.807) is 26.2 Å². The van der Waals surface area contributed by atoms with E-state index in [0.29, 0.717) is 34.9 Å². The molecule has 0 aliphatic carbocycles. The van der Waals surface area contributed by atoms with E-state index in [-0.39, 0.29) is 17.8 Å². The van der Waals surface area contributed by atoms with Crippen LogP contribution in [-0.4, -0.2) is 22.6 Å². The minimum Gasteiger partial charge on any atom is -0.497 e. The molecule has 1 amide bonds. The fourth-order valence-electron chi connectivity index (χ4n) is 4.03. The van der Waals surface area contributed by atoms with Crippen LogP contribution in [-0.2, 0) is 6.54 Å². The molecule has 0 spiro atoms. The molecular formula is C28H28FN3O2. The number of imidazole rings is 1. The molecule has 0 aliphatic heterocycles. The van der Waals surface area contributed by atoms with Crippen LogP contribution in [0.5, 0.6) is 5.75 Å². The Hall–Kier alpha value is -3.93. The highest BCUT2D eigenvalue weighted by Crippen LogP contribution is 2.31. The van der Waals surface area contributed by atoms with E-state index in [0.717, 1.165) is 16.9 Å². The summed E-state index contributed by atoms with van der Waals surface area (Å²) in [5.74, 6) is 0.924. The number of ether oxygens (including phenoxy) is 1. The molecule has 5 nitrogen and oxygen atoms in total. The summed E-state index contributed by atoms with van der Waals surface area (Å²) in [6.45, 7) is 6.18. The Morgan fingerprint density at radius 3 is 2.38 bits per heavy atom. The van der Waals surface area contributed by atoms with Crippen molar-refractivity contribution >= 4 is 5.91 Å². The standard InChI is InChI=1S/C28H28FN3O2/c1-5-32-26(28(33)30-19(3)20-11-14-23(34-4)15-12-20)25(22-13-16-24(29)18(2)17-22)31-27(32)21-9-7-6-8-10-21/h6-17,19H,5H2,1-4H3,(H,30,33)/t19-/m0/s1. The minimum absolute atomic E-state index is 0.235. The molecule has 3 aromatic carbocycles. The molecule has 0 aliphatic rings. The second-order valence-corrected chi connectivity index (χ2v) is 8.18. The lowest BCUT2D eigenvalue weighted by Gasteiger charge is -2.17. The molecule has 0 fully saturated rings. The van der Waals surface area contributed by atoms with Crippen LogP contribution in [0.4, 0.5) is 4.39 Å². The molecule has 0 saturated carbocycles. The van der Waals surface area contributed by atoms with Gasteiger partial charge in [0.15, 0.2) is 0 Å². The summed E-state index contributed by atoms with van der Waals surface area (Å²) in [5.41, 5.74) is 4.05. The van der Waals surface area contributed by atoms with E-state index < -0.39 is 0 Å². The molecule has 1 aromatic heterocycles. The van der Waals surface area contributed by atoms with Crippen molar-refractivity contribution < 1.29 is 13.9 Å². The molecule has 0 saturated heterocycles. The summed E-state index contributed by atoms with van der Waals surface area (Å²) in [6.07, 6.45) is 0. The maximum atomic E-state index is 14.0. The monoisotopic (exact) mass is 457 g/mol. The summed E-state index contributed by atoms with van der Waals surface area (Å²) in [6, 6.07) is 21.9. The molecule has 174 valence electrons. The first-order valence-corrected chi connectivity index (χ1v) is 11.3. The van der Waals surface area contributed by atoms with Crippen molar-refractivity contribution in [3.8, 4) is 28.4 Å². The Morgan fingerprint density at radius 1 is 1.06 bits per heavy atom. The van der Waals surface area contributed by atoms with Gasteiger partial charge in [-0.1, -0.05) is 42.5 Å². The third-order valence-electron chi connectivity index (χ3n) is 5.93. The number of rotatable bonds is 7. The molecule has 1 N–H and O–H groups in total. The van der Waals surface area contributed by atoms with E-state index in [4.69, 9.17) is 9.72 Å². The number of nitrogens with zero attached hydrogens (tertiary/aromatic N) is 2. The number of halogens is 1. The fraction of sp³-hybridized carbons (Fsp3) is 0.214. The lowest BCUT2D eigenvalue weighted by atomic mass is 10.1. The quantitative estimate of drug-likeness (QED) is 0.360. The highest BCUT2D eigenvalue weighted by Gasteiger charge is 2.25. The number of nitrogens with one attached hydrogen (secondary N) is 1. The first-order chi connectivity index (χ1) is 16.4. The van der Waals surface area contributed by atoms with Crippen LogP contribution in [0.3, 0.4) is 0 Å². The highest BCUT2D eigenvalue weighted by atomic mass is 19.1. The maximum Gasteiger partial charge on any atom is 0.270 e. The number of benzene rings is 3. The Kier molecular flexibility index (Phi) is 6.77.